The van der Waals surface area contributed by atoms with Crippen LogP contribution in [-0.2, 0) is 35.7 Å². The lowest BCUT2D eigenvalue weighted by molar-refractivity contribution is -0.232. The molecule has 0 aliphatic carbocycles. The highest BCUT2D eigenvalue weighted by atomic mass is 127. The summed E-state index contributed by atoms with van der Waals surface area (Å²) >= 11 is 2.16. The molecule has 3 aliphatic heterocycles. The Bertz CT molecular complexity index is 1040. The summed E-state index contributed by atoms with van der Waals surface area (Å²) in [6, 6.07) is 5.53. The number of carbonyl (C=O) groups is 1. The fraction of sp³-hybridized carbons (Fsp3) is 0.611. The third kappa shape index (κ3) is 3.86. The number of ether oxygens (including phenoxy) is 4. The van der Waals surface area contributed by atoms with Gasteiger partial charge in [-0.25, -0.2) is 0 Å². The normalized spacial score (nSPS) is 29.6. The van der Waals surface area contributed by atoms with Gasteiger partial charge in [0.15, 0.2) is 0 Å². The molecule has 2 bridgehead atoms. The summed E-state index contributed by atoms with van der Waals surface area (Å²) in [5.74, 6) is -7.37. The van der Waals surface area contributed by atoms with Gasteiger partial charge >= 0.3 is 27.3 Å². The van der Waals surface area contributed by atoms with Crippen LogP contribution in [0.2, 0.25) is 0 Å². The van der Waals surface area contributed by atoms with Gasteiger partial charge in [0.2, 0.25) is 5.79 Å². The largest absolute Gasteiger partial charge is 0.465 e. The number of benzene rings is 1. The lowest BCUT2D eigenvalue weighted by Gasteiger charge is -2.40. The Morgan fingerprint density at radius 2 is 2.03 bits per heavy atom. The monoisotopic (exact) mass is 596 g/mol. The van der Waals surface area contributed by atoms with Gasteiger partial charge in [-0.05, 0) is 41.1 Å². The molecule has 4 atom stereocenters. The minimum atomic E-state index is -6.35. The molecule has 14 heteroatoms. The first-order chi connectivity index (χ1) is 14.8. The molecule has 1 spiro atoms. The molecule has 0 radical (unpaired) electrons. The average Bonchev–Trinajstić information content (AvgIpc) is 3.25. The Morgan fingerprint density at radius 1 is 1.31 bits per heavy atom. The topological polar surface area (TPSA) is 108 Å². The second-order valence-corrected chi connectivity index (χ2v) is 10.4. The predicted molar refractivity (Wildman–Crippen MR) is 106 cm³/mol. The van der Waals surface area contributed by atoms with E-state index in [4.69, 9.17) is 18.8 Å². The lowest BCUT2D eigenvalue weighted by atomic mass is 9.84. The van der Waals surface area contributed by atoms with E-state index in [0.29, 0.717) is 5.75 Å². The van der Waals surface area contributed by atoms with Crippen molar-refractivity contribution in [3.63, 3.8) is 0 Å². The molecule has 0 amide bonds. The minimum Gasteiger partial charge on any atom is -0.465 e. The summed E-state index contributed by atoms with van der Waals surface area (Å²) in [6.07, 6.45) is -2.81. The van der Waals surface area contributed by atoms with E-state index >= 15 is 0 Å². The zero-order valence-electron chi connectivity index (χ0n) is 16.1. The molecule has 2 fully saturated rings. The fourth-order valence-electron chi connectivity index (χ4n) is 4.04. The summed E-state index contributed by atoms with van der Waals surface area (Å²) in [5, 5.41) is -5.71. The van der Waals surface area contributed by atoms with Gasteiger partial charge in [-0.1, -0.05) is 6.07 Å². The maximum atomic E-state index is 13.5. The van der Waals surface area contributed by atoms with Gasteiger partial charge in [-0.2, -0.15) is 26.0 Å². The molecular weight excluding hydrogens is 579 g/mol. The van der Waals surface area contributed by atoms with E-state index in [0.717, 1.165) is 9.13 Å². The summed E-state index contributed by atoms with van der Waals surface area (Å²) in [5.41, 5.74) is 0.889. The standard InChI is InChI=1S/C18H17F4IO8S/c19-17(20,18(21,22)32(25,26)27)4-5-28-15(24)9-6-14-16(7-13(9)30-14)29-8-10-11(23)2-1-3-12(10)31-16/h1-3,9,13-14H,4-8H2,(H,25,26,27). The highest BCUT2D eigenvalue weighted by molar-refractivity contribution is 14.1. The van der Waals surface area contributed by atoms with Crippen molar-refractivity contribution in [3.05, 3.63) is 27.3 Å². The molecule has 1 aromatic rings. The molecule has 1 aromatic carbocycles. The Morgan fingerprint density at radius 3 is 2.66 bits per heavy atom. The maximum Gasteiger partial charge on any atom is 0.431 e. The van der Waals surface area contributed by atoms with Crippen LogP contribution < -0.4 is 4.74 Å². The molecule has 178 valence electrons. The second kappa shape index (κ2) is 7.92. The van der Waals surface area contributed by atoms with Crippen LogP contribution in [0.1, 0.15) is 24.8 Å². The van der Waals surface area contributed by atoms with Gasteiger partial charge in [-0.15, -0.1) is 0 Å². The Kier molecular flexibility index (Phi) is 5.92. The van der Waals surface area contributed by atoms with Gasteiger partial charge in [0.05, 0.1) is 31.7 Å². The zero-order valence-corrected chi connectivity index (χ0v) is 19.1. The van der Waals surface area contributed by atoms with Crippen molar-refractivity contribution in [1.82, 2.24) is 0 Å². The van der Waals surface area contributed by atoms with Crippen LogP contribution in [0.25, 0.3) is 0 Å². The van der Waals surface area contributed by atoms with Crippen molar-refractivity contribution in [3.8, 4) is 5.75 Å². The third-order valence-corrected chi connectivity index (χ3v) is 7.72. The minimum absolute atomic E-state index is 0.111. The molecule has 3 heterocycles. The van der Waals surface area contributed by atoms with Crippen LogP contribution in [0.4, 0.5) is 17.6 Å². The lowest BCUT2D eigenvalue weighted by Crippen LogP contribution is -2.52. The van der Waals surface area contributed by atoms with Crippen LogP contribution in [0.15, 0.2) is 18.2 Å². The number of halogens is 5. The number of alkyl halides is 4. The van der Waals surface area contributed by atoms with E-state index < -0.39 is 64.2 Å². The van der Waals surface area contributed by atoms with Gasteiger partial charge in [0.25, 0.3) is 0 Å². The van der Waals surface area contributed by atoms with Crippen LogP contribution in [0.5, 0.6) is 5.75 Å². The summed E-state index contributed by atoms with van der Waals surface area (Å²) < 4.78 is 106. The average molecular weight is 596 g/mol. The first kappa shape index (κ1) is 23.9. The molecule has 8 nitrogen and oxygen atoms in total. The van der Waals surface area contributed by atoms with E-state index in [9.17, 15) is 30.8 Å². The van der Waals surface area contributed by atoms with E-state index in [1.54, 1.807) is 6.07 Å². The van der Waals surface area contributed by atoms with Gasteiger partial charge in [0.1, 0.15) is 11.9 Å². The number of fused-ring (bicyclic) bond motifs is 4. The number of rotatable bonds is 6. The molecular formula is C18H17F4IO8S. The van der Waals surface area contributed by atoms with Crippen molar-refractivity contribution in [2.24, 2.45) is 5.92 Å². The Labute approximate surface area is 193 Å². The third-order valence-electron chi connectivity index (χ3n) is 5.76. The van der Waals surface area contributed by atoms with Gasteiger partial charge in [0, 0.05) is 15.6 Å². The second-order valence-electron chi connectivity index (χ2n) is 7.74. The van der Waals surface area contributed by atoms with Gasteiger partial charge < -0.3 is 18.9 Å². The van der Waals surface area contributed by atoms with E-state index in [-0.39, 0.29) is 19.4 Å². The fourth-order valence-corrected chi connectivity index (χ4v) is 5.15. The Hall–Kier alpha value is -1.23. The first-order valence-electron chi connectivity index (χ1n) is 9.42. The van der Waals surface area contributed by atoms with Crippen LogP contribution in [0, 0.1) is 9.49 Å². The van der Waals surface area contributed by atoms with Crippen LogP contribution in [0.3, 0.4) is 0 Å². The van der Waals surface area contributed by atoms with Gasteiger partial charge in [-0.3, -0.25) is 9.35 Å². The van der Waals surface area contributed by atoms with Crippen LogP contribution in [-0.4, -0.2) is 54.7 Å². The summed E-state index contributed by atoms with van der Waals surface area (Å²) in [7, 11) is -6.35. The highest BCUT2D eigenvalue weighted by Gasteiger charge is 2.66. The van der Waals surface area contributed by atoms with E-state index in [1.165, 1.54) is 0 Å². The van der Waals surface area contributed by atoms with Crippen molar-refractivity contribution in [2.45, 2.75) is 55.0 Å². The Balaban J connectivity index is 1.34. The summed E-state index contributed by atoms with van der Waals surface area (Å²) in [4.78, 5) is 12.3. The number of carbonyl (C=O) groups excluding carboxylic acids is 1. The SMILES string of the molecule is O=C(OCCC(F)(F)C(F)(F)S(=O)(=O)O)C1CC2OC1CC21OCc2c(I)cccc2O1. The predicted octanol–water partition coefficient (Wildman–Crippen LogP) is 3.12. The number of esters is 1. The molecule has 0 saturated carbocycles. The molecule has 3 aliphatic rings. The van der Waals surface area contributed by atoms with Crippen molar-refractivity contribution < 1.29 is 54.3 Å². The molecule has 32 heavy (non-hydrogen) atoms. The first-order valence-corrected chi connectivity index (χ1v) is 11.9. The van der Waals surface area contributed by atoms with Crippen molar-refractivity contribution in [1.29, 1.82) is 0 Å². The number of hydrogen-bond donors (Lipinski definition) is 1. The van der Waals surface area contributed by atoms with Crippen molar-refractivity contribution in [2.75, 3.05) is 6.61 Å². The molecule has 1 N–H and O–H groups in total. The van der Waals surface area contributed by atoms with Crippen molar-refractivity contribution >= 4 is 38.7 Å². The van der Waals surface area contributed by atoms with E-state index in [1.807, 2.05) is 12.1 Å². The molecule has 0 aromatic heterocycles. The smallest absolute Gasteiger partial charge is 0.431 e. The maximum absolute atomic E-state index is 13.5. The molecule has 4 unspecified atom stereocenters. The molecule has 4 rings (SSSR count). The van der Waals surface area contributed by atoms with Crippen LogP contribution >= 0.6 is 22.6 Å². The van der Waals surface area contributed by atoms with E-state index in [2.05, 4.69) is 27.3 Å². The zero-order chi connectivity index (χ0) is 23.5. The molecule has 2 saturated heterocycles. The quantitative estimate of drug-likeness (QED) is 0.231. The number of hydrogen-bond acceptors (Lipinski definition) is 7. The summed E-state index contributed by atoms with van der Waals surface area (Å²) in [6.45, 7) is -0.887. The highest BCUT2D eigenvalue weighted by Crippen LogP contribution is 2.51.